The molecule has 1 N–H and O–H groups in total. The zero-order valence-electron chi connectivity index (χ0n) is 18.7. The van der Waals surface area contributed by atoms with E-state index in [9.17, 15) is 18.5 Å². The number of methoxy groups -OCH3 is 2. The summed E-state index contributed by atoms with van der Waals surface area (Å²) in [6.07, 6.45) is 2.63. The number of anilines is 1. The summed E-state index contributed by atoms with van der Waals surface area (Å²) < 4.78 is 38.0. The Labute approximate surface area is 194 Å². The third kappa shape index (κ3) is 4.54. The van der Waals surface area contributed by atoms with E-state index in [-0.39, 0.29) is 35.2 Å². The van der Waals surface area contributed by atoms with E-state index in [4.69, 9.17) is 9.47 Å². The summed E-state index contributed by atoms with van der Waals surface area (Å²) in [4.78, 5) is 12.9. The third-order valence-electron chi connectivity index (χ3n) is 6.49. The van der Waals surface area contributed by atoms with Crippen molar-refractivity contribution in [2.75, 3.05) is 32.6 Å². The average Bonchev–Trinajstić information content (AvgIpc) is 3.65. The van der Waals surface area contributed by atoms with Crippen LogP contribution < -0.4 is 14.8 Å². The van der Waals surface area contributed by atoms with E-state index in [1.54, 1.807) is 6.07 Å². The van der Waals surface area contributed by atoms with E-state index in [0.29, 0.717) is 30.0 Å². The largest absolute Gasteiger partial charge is 0.493 e. The minimum Gasteiger partial charge on any atom is -0.493 e. The van der Waals surface area contributed by atoms with Crippen LogP contribution in [0.1, 0.15) is 31.2 Å². The number of hydrogen-bond acceptors (Lipinski definition) is 6. The zero-order chi connectivity index (χ0) is 23.6. The highest BCUT2D eigenvalue weighted by Gasteiger charge is 2.44. The predicted octanol–water partition coefficient (Wildman–Crippen LogP) is 3.30. The van der Waals surface area contributed by atoms with Gasteiger partial charge in [0.15, 0.2) is 11.5 Å². The molecule has 0 aromatic heterocycles. The molecule has 0 radical (unpaired) electrons. The molecule has 1 aliphatic heterocycles. The van der Waals surface area contributed by atoms with E-state index in [2.05, 4.69) is 11.4 Å². The summed E-state index contributed by atoms with van der Waals surface area (Å²) in [5.41, 5.74) is 1.31. The fourth-order valence-corrected chi connectivity index (χ4v) is 5.68. The topological polar surface area (TPSA) is 109 Å². The molecule has 0 bridgehead atoms. The standard InChI is InChI=1S/C24H27N3O5S/c1-31-21-8-7-20(15-22(21)32-2)33(29,30)27-13-9-17(10-14-27)23(28)26-19-5-3-18(4-6-19)24(16-25)11-12-24/h3-8,15,17H,9-14H2,1-2H3,(H,26,28). The fraction of sp³-hybridized carbons (Fsp3) is 0.417. The van der Waals surface area contributed by atoms with Crippen LogP contribution in [0.5, 0.6) is 11.5 Å². The lowest BCUT2D eigenvalue weighted by molar-refractivity contribution is -0.120. The van der Waals surface area contributed by atoms with Crippen molar-refractivity contribution in [2.24, 2.45) is 5.92 Å². The second-order valence-electron chi connectivity index (χ2n) is 8.46. The van der Waals surface area contributed by atoms with E-state index in [1.807, 2.05) is 24.3 Å². The summed E-state index contributed by atoms with van der Waals surface area (Å²) in [5, 5.41) is 12.2. The molecular weight excluding hydrogens is 442 g/mol. The second kappa shape index (κ2) is 9.04. The molecule has 0 unspecified atom stereocenters. The number of amides is 1. The monoisotopic (exact) mass is 469 g/mol. The molecule has 0 spiro atoms. The van der Waals surface area contributed by atoms with Gasteiger partial charge in [0.05, 0.1) is 30.6 Å². The molecule has 2 aromatic rings. The van der Waals surface area contributed by atoms with Gasteiger partial charge in [-0.25, -0.2) is 8.42 Å². The number of rotatable bonds is 7. The molecular formula is C24H27N3O5S. The number of piperidine rings is 1. The maximum Gasteiger partial charge on any atom is 0.243 e. The van der Waals surface area contributed by atoms with Crippen LogP contribution in [-0.2, 0) is 20.2 Å². The molecule has 8 nitrogen and oxygen atoms in total. The molecule has 1 amide bonds. The van der Waals surface area contributed by atoms with Crippen LogP contribution in [0.2, 0.25) is 0 Å². The highest BCUT2D eigenvalue weighted by atomic mass is 32.2. The number of ether oxygens (including phenoxy) is 2. The Balaban J connectivity index is 1.36. The highest BCUT2D eigenvalue weighted by Crippen LogP contribution is 2.47. The van der Waals surface area contributed by atoms with Crippen molar-refractivity contribution in [3.05, 3.63) is 48.0 Å². The van der Waals surface area contributed by atoms with Crippen LogP contribution in [0, 0.1) is 17.2 Å². The molecule has 9 heteroatoms. The molecule has 174 valence electrons. The number of sulfonamides is 1. The van der Waals surface area contributed by atoms with Gasteiger partial charge in [0.2, 0.25) is 15.9 Å². The van der Waals surface area contributed by atoms with Crippen LogP contribution in [0.25, 0.3) is 0 Å². The minimum atomic E-state index is -3.70. The van der Waals surface area contributed by atoms with Crippen molar-refractivity contribution in [1.82, 2.24) is 4.31 Å². The molecule has 2 aromatic carbocycles. The smallest absolute Gasteiger partial charge is 0.243 e. The number of nitrogens with zero attached hydrogens (tertiary/aromatic N) is 2. The summed E-state index contributed by atoms with van der Waals surface area (Å²) in [5.74, 6) is 0.420. The summed E-state index contributed by atoms with van der Waals surface area (Å²) in [7, 11) is -0.753. The summed E-state index contributed by atoms with van der Waals surface area (Å²) in [6, 6.07) is 14.3. The van der Waals surface area contributed by atoms with E-state index < -0.39 is 10.0 Å². The van der Waals surface area contributed by atoms with Gasteiger partial charge in [0, 0.05) is 30.8 Å². The first-order chi connectivity index (χ1) is 15.8. The molecule has 4 rings (SSSR count). The van der Waals surface area contributed by atoms with Crippen LogP contribution in [0.4, 0.5) is 5.69 Å². The SMILES string of the molecule is COc1ccc(S(=O)(=O)N2CCC(C(=O)Nc3ccc(C4(C#N)CC4)cc3)CC2)cc1OC. The number of hydrogen-bond donors (Lipinski definition) is 1. The first kappa shape index (κ1) is 23.1. The van der Waals surface area contributed by atoms with Crippen molar-refractivity contribution in [3.63, 3.8) is 0 Å². The number of carbonyl (C=O) groups excluding carboxylic acids is 1. The fourth-order valence-electron chi connectivity index (χ4n) is 4.19. The Morgan fingerprint density at radius 3 is 2.24 bits per heavy atom. The summed E-state index contributed by atoms with van der Waals surface area (Å²) in [6.45, 7) is 0.525. The van der Waals surface area contributed by atoms with E-state index in [1.165, 1.54) is 30.7 Å². The van der Waals surface area contributed by atoms with Gasteiger partial charge >= 0.3 is 0 Å². The first-order valence-electron chi connectivity index (χ1n) is 10.9. The number of carbonyl (C=O) groups is 1. The molecule has 1 saturated heterocycles. The normalized spacial score (nSPS) is 18.2. The molecule has 2 aliphatic rings. The van der Waals surface area contributed by atoms with Gasteiger partial charge in [-0.3, -0.25) is 4.79 Å². The molecule has 33 heavy (non-hydrogen) atoms. The molecule has 1 saturated carbocycles. The highest BCUT2D eigenvalue weighted by molar-refractivity contribution is 7.89. The minimum absolute atomic E-state index is 0.118. The Hall–Kier alpha value is -3.09. The lowest BCUT2D eigenvalue weighted by Gasteiger charge is -2.30. The molecule has 1 aliphatic carbocycles. The van der Waals surface area contributed by atoms with E-state index >= 15 is 0 Å². The van der Waals surface area contributed by atoms with Gasteiger partial charge in [-0.05, 0) is 55.5 Å². The average molecular weight is 470 g/mol. The van der Waals surface area contributed by atoms with Crippen LogP contribution in [-0.4, -0.2) is 45.9 Å². The number of nitrogens with one attached hydrogen (secondary N) is 1. The van der Waals surface area contributed by atoms with Crippen molar-refractivity contribution in [3.8, 4) is 17.6 Å². The van der Waals surface area contributed by atoms with Gasteiger partial charge in [0.1, 0.15) is 0 Å². The Morgan fingerprint density at radius 1 is 1.06 bits per heavy atom. The van der Waals surface area contributed by atoms with Crippen LogP contribution >= 0.6 is 0 Å². The maximum absolute atomic E-state index is 13.1. The number of nitriles is 1. The zero-order valence-corrected chi connectivity index (χ0v) is 19.5. The van der Waals surface area contributed by atoms with Crippen LogP contribution in [0.3, 0.4) is 0 Å². The maximum atomic E-state index is 13.1. The predicted molar refractivity (Wildman–Crippen MR) is 123 cm³/mol. The van der Waals surface area contributed by atoms with Crippen molar-refractivity contribution in [2.45, 2.75) is 36.0 Å². The Bertz CT molecular complexity index is 1180. The number of benzene rings is 2. The second-order valence-corrected chi connectivity index (χ2v) is 10.4. The van der Waals surface area contributed by atoms with Gasteiger partial charge in [0.25, 0.3) is 0 Å². The van der Waals surface area contributed by atoms with Gasteiger partial charge in [-0.1, -0.05) is 12.1 Å². The first-order valence-corrected chi connectivity index (χ1v) is 12.3. The molecule has 0 atom stereocenters. The Kier molecular flexibility index (Phi) is 6.32. The third-order valence-corrected chi connectivity index (χ3v) is 8.38. The van der Waals surface area contributed by atoms with E-state index in [0.717, 1.165) is 18.4 Å². The molecule has 2 fully saturated rings. The van der Waals surface area contributed by atoms with Crippen LogP contribution in [0.15, 0.2) is 47.4 Å². The van der Waals surface area contributed by atoms with Gasteiger partial charge in [-0.2, -0.15) is 9.57 Å². The summed E-state index contributed by atoms with van der Waals surface area (Å²) >= 11 is 0. The van der Waals surface area contributed by atoms with Crippen molar-refractivity contribution >= 4 is 21.6 Å². The quantitative estimate of drug-likeness (QED) is 0.667. The van der Waals surface area contributed by atoms with Gasteiger partial charge in [-0.15, -0.1) is 0 Å². The van der Waals surface area contributed by atoms with Gasteiger partial charge < -0.3 is 14.8 Å². The lowest BCUT2D eigenvalue weighted by atomic mass is 9.96. The van der Waals surface area contributed by atoms with Crippen molar-refractivity contribution < 1.29 is 22.7 Å². The van der Waals surface area contributed by atoms with Crippen molar-refractivity contribution in [1.29, 1.82) is 5.26 Å². The lowest BCUT2D eigenvalue weighted by Crippen LogP contribution is -2.41. The Morgan fingerprint density at radius 2 is 1.70 bits per heavy atom. The molecule has 1 heterocycles.